The van der Waals surface area contributed by atoms with Crippen LogP contribution in [0.3, 0.4) is 0 Å². The molecule has 0 spiro atoms. The van der Waals surface area contributed by atoms with Gasteiger partial charge in [0.15, 0.2) is 0 Å². The van der Waals surface area contributed by atoms with Crippen molar-refractivity contribution in [3.63, 3.8) is 0 Å². The molecule has 0 saturated heterocycles. The third-order valence-electron chi connectivity index (χ3n) is 3.17. The summed E-state index contributed by atoms with van der Waals surface area (Å²) in [5.41, 5.74) is -1.57. The number of hydrogen-bond acceptors (Lipinski definition) is 2. The number of para-hydroxylation sites is 1. The molecule has 110 valence electrons. The van der Waals surface area contributed by atoms with Gasteiger partial charge in [0, 0.05) is 0 Å². The topological polar surface area (TPSA) is 78.4 Å². The van der Waals surface area contributed by atoms with E-state index in [0.717, 1.165) is 6.07 Å². The van der Waals surface area contributed by atoms with E-state index in [2.05, 4.69) is 10.6 Å². The second-order valence-electron chi connectivity index (χ2n) is 4.27. The van der Waals surface area contributed by atoms with Crippen molar-refractivity contribution in [3.8, 4) is 0 Å². The van der Waals surface area contributed by atoms with Gasteiger partial charge in [-0.05, 0) is 25.0 Å². The van der Waals surface area contributed by atoms with Gasteiger partial charge in [-0.25, -0.2) is 14.0 Å². The number of carbonyl (C=O) groups is 2. The molecule has 0 aromatic heterocycles. The average molecular weight is 303 g/mol. The highest BCUT2D eigenvalue weighted by Gasteiger charge is 2.36. The van der Waals surface area contributed by atoms with E-state index in [-0.39, 0.29) is 23.6 Å². The van der Waals surface area contributed by atoms with Crippen LogP contribution in [0.1, 0.15) is 26.7 Å². The molecule has 1 aromatic rings. The third-order valence-corrected chi connectivity index (χ3v) is 3.49. The summed E-state index contributed by atoms with van der Waals surface area (Å²) in [5, 5.41) is 13.8. The Bertz CT molecular complexity index is 498. The second-order valence-corrected chi connectivity index (χ2v) is 4.68. The molecule has 2 amide bonds. The van der Waals surface area contributed by atoms with Crippen molar-refractivity contribution in [1.29, 1.82) is 0 Å². The first-order valence-corrected chi connectivity index (χ1v) is 6.50. The number of halogens is 2. The molecule has 0 atom stereocenters. The summed E-state index contributed by atoms with van der Waals surface area (Å²) in [4.78, 5) is 23.1. The van der Waals surface area contributed by atoms with E-state index < -0.39 is 23.4 Å². The second kappa shape index (κ2) is 6.56. The lowest BCUT2D eigenvalue weighted by atomic mass is 9.93. The van der Waals surface area contributed by atoms with E-state index in [1.54, 1.807) is 13.8 Å². The number of rotatable bonds is 5. The first kappa shape index (κ1) is 16.2. The Balaban J connectivity index is 2.89. The number of amides is 2. The number of benzene rings is 1. The predicted octanol–water partition coefficient (Wildman–Crippen LogP) is 3.24. The molecule has 7 heteroatoms. The molecule has 0 aliphatic rings. The zero-order chi connectivity index (χ0) is 15.3. The molecule has 1 aromatic carbocycles. The molecule has 0 aliphatic carbocycles. The highest BCUT2D eigenvalue weighted by molar-refractivity contribution is 6.33. The summed E-state index contributed by atoms with van der Waals surface area (Å²) < 4.78 is 13.5. The van der Waals surface area contributed by atoms with Crippen molar-refractivity contribution in [2.24, 2.45) is 0 Å². The minimum absolute atomic E-state index is 0.0362. The van der Waals surface area contributed by atoms with Crippen LogP contribution in [0.4, 0.5) is 14.9 Å². The largest absolute Gasteiger partial charge is 0.480 e. The number of aliphatic carboxylic acids is 1. The Hall–Kier alpha value is -1.82. The molecule has 0 heterocycles. The molecule has 0 aliphatic heterocycles. The Kier molecular flexibility index (Phi) is 5.33. The Morgan fingerprint density at radius 3 is 2.40 bits per heavy atom. The van der Waals surface area contributed by atoms with Crippen LogP contribution in [0.25, 0.3) is 0 Å². The first-order valence-electron chi connectivity index (χ1n) is 6.13. The Morgan fingerprint density at radius 2 is 1.95 bits per heavy atom. The lowest BCUT2D eigenvalue weighted by Crippen LogP contribution is -2.55. The van der Waals surface area contributed by atoms with E-state index in [1.807, 2.05) is 0 Å². The molecule has 0 fully saturated rings. The average Bonchev–Trinajstić information content (AvgIpc) is 2.40. The third kappa shape index (κ3) is 3.39. The van der Waals surface area contributed by atoms with E-state index >= 15 is 0 Å². The maximum absolute atomic E-state index is 13.5. The summed E-state index contributed by atoms with van der Waals surface area (Å²) in [7, 11) is 0. The molecular formula is C13H16ClFN2O3. The Morgan fingerprint density at radius 1 is 1.35 bits per heavy atom. The zero-order valence-corrected chi connectivity index (χ0v) is 11.9. The number of carbonyl (C=O) groups excluding carboxylic acids is 1. The van der Waals surface area contributed by atoms with Crippen LogP contribution < -0.4 is 10.6 Å². The SMILES string of the molecule is CCC(CC)(NC(=O)Nc1c(F)cccc1Cl)C(=O)O. The number of carboxylic acids is 1. The van der Waals surface area contributed by atoms with E-state index in [1.165, 1.54) is 12.1 Å². The van der Waals surface area contributed by atoms with Crippen molar-refractivity contribution in [1.82, 2.24) is 5.32 Å². The van der Waals surface area contributed by atoms with Crippen LogP contribution in [-0.4, -0.2) is 22.6 Å². The summed E-state index contributed by atoms with van der Waals surface area (Å²) >= 11 is 5.78. The lowest BCUT2D eigenvalue weighted by Gasteiger charge is -2.28. The predicted molar refractivity (Wildman–Crippen MR) is 74.5 cm³/mol. The number of urea groups is 1. The van der Waals surface area contributed by atoms with E-state index in [9.17, 15) is 19.1 Å². The van der Waals surface area contributed by atoms with Crippen molar-refractivity contribution in [2.45, 2.75) is 32.2 Å². The maximum atomic E-state index is 13.5. The number of nitrogens with one attached hydrogen (secondary N) is 2. The molecule has 0 bridgehead atoms. The molecule has 0 unspecified atom stereocenters. The van der Waals surface area contributed by atoms with Crippen LogP contribution in [0, 0.1) is 5.82 Å². The standard InChI is InChI=1S/C13H16ClFN2O3/c1-3-13(4-2,11(18)19)17-12(20)16-10-8(14)6-5-7-9(10)15/h5-7H,3-4H2,1-2H3,(H,18,19)(H2,16,17,20). The van der Waals surface area contributed by atoms with Gasteiger partial charge in [-0.15, -0.1) is 0 Å². The van der Waals surface area contributed by atoms with Crippen molar-refractivity contribution < 1.29 is 19.1 Å². The number of anilines is 1. The van der Waals surface area contributed by atoms with Crippen LogP contribution in [0.5, 0.6) is 0 Å². The van der Waals surface area contributed by atoms with Gasteiger partial charge in [-0.3, -0.25) is 0 Å². The monoisotopic (exact) mass is 302 g/mol. The molecule has 0 saturated carbocycles. The van der Waals surface area contributed by atoms with Gasteiger partial charge in [-0.1, -0.05) is 31.5 Å². The van der Waals surface area contributed by atoms with Crippen LogP contribution >= 0.6 is 11.6 Å². The van der Waals surface area contributed by atoms with Crippen LogP contribution in [0.2, 0.25) is 5.02 Å². The molecule has 0 radical (unpaired) electrons. The highest BCUT2D eigenvalue weighted by atomic mass is 35.5. The van der Waals surface area contributed by atoms with Gasteiger partial charge < -0.3 is 15.7 Å². The smallest absolute Gasteiger partial charge is 0.329 e. The van der Waals surface area contributed by atoms with Crippen LogP contribution in [-0.2, 0) is 4.79 Å². The summed E-state index contributed by atoms with van der Waals surface area (Å²) in [6.45, 7) is 3.29. The van der Waals surface area contributed by atoms with Gasteiger partial charge in [0.25, 0.3) is 0 Å². The van der Waals surface area contributed by atoms with Crippen molar-refractivity contribution in [3.05, 3.63) is 29.0 Å². The van der Waals surface area contributed by atoms with Crippen molar-refractivity contribution in [2.75, 3.05) is 5.32 Å². The number of hydrogen-bond donors (Lipinski definition) is 3. The maximum Gasteiger partial charge on any atom is 0.329 e. The first-order chi connectivity index (χ1) is 9.36. The van der Waals surface area contributed by atoms with Gasteiger partial charge in [-0.2, -0.15) is 0 Å². The van der Waals surface area contributed by atoms with Gasteiger partial charge in [0.2, 0.25) is 0 Å². The lowest BCUT2D eigenvalue weighted by molar-refractivity contribution is -0.144. The van der Waals surface area contributed by atoms with E-state index in [0.29, 0.717) is 0 Å². The van der Waals surface area contributed by atoms with Crippen LogP contribution in [0.15, 0.2) is 18.2 Å². The van der Waals surface area contributed by atoms with E-state index in [4.69, 9.17) is 11.6 Å². The molecule has 3 N–H and O–H groups in total. The quantitative estimate of drug-likeness (QED) is 0.781. The summed E-state index contributed by atoms with van der Waals surface area (Å²) in [6, 6.07) is 3.15. The fraction of sp³-hybridized carbons (Fsp3) is 0.385. The van der Waals surface area contributed by atoms with Gasteiger partial charge >= 0.3 is 12.0 Å². The molecule has 20 heavy (non-hydrogen) atoms. The minimum atomic E-state index is -1.39. The normalized spacial score (nSPS) is 11.0. The molecule has 5 nitrogen and oxygen atoms in total. The summed E-state index contributed by atoms with van der Waals surface area (Å²) in [6.07, 6.45) is 0.411. The molecule has 1 rings (SSSR count). The van der Waals surface area contributed by atoms with Gasteiger partial charge in [0.1, 0.15) is 11.4 Å². The summed E-state index contributed by atoms with van der Waals surface area (Å²) in [5.74, 6) is -1.83. The minimum Gasteiger partial charge on any atom is -0.480 e. The fourth-order valence-electron chi connectivity index (χ4n) is 1.76. The zero-order valence-electron chi connectivity index (χ0n) is 11.2. The Labute approximate surface area is 121 Å². The van der Waals surface area contributed by atoms with Gasteiger partial charge in [0.05, 0.1) is 10.7 Å². The molecular weight excluding hydrogens is 287 g/mol. The van der Waals surface area contributed by atoms with Crippen molar-refractivity contribution >= 4 is 29.3 Å². The highest BCUT2D eigenvalue weighted by Crippen LogP contribution is 2.25. The number of carboxylic acid groups (broad SMARTS) is 1. The fourth-order valence-corrected chi connectivity index (χ4v) is 1.97.